The fourth-order valence-electron chi connectivity index (χ4n) is 1.86. The normalized spacial score (nSPS) is 12.9. The molecular weight excluding hydrogens is 220 g/mol. The molecule has 4 heteroatoms. The Bertz CT molecular complexity index is 422. The highest BCUT2D eigenvalue weighted by atomic mass is 32.1. The second kappa shape index (κ2) is 5.27. The molecule has 0 radical (unpaired) electrons. The van der Waals surface area contributed by atoms with Crippen LogP contribution in [0.5, 0.6) is 0 Å². The summed E-state index contributed by atoms with van der Waals surface area (Å²) in [7, 11) is 1.98. The molecule has 0 aliphatic heterocycles. The largest absolute Gasteiger partial charge is 0.469 e. The Morgan fingerprint density at radius 1 is 1.56 bits per heavy atom. The van der Waals surface area contributed by atoms with Crippen molar-refractivity contribution in [1.82, 2.24) is 10.3 Å². The third kappa shape index (κ3) is 2.33. The maximum absolute atomic E-state index is 5.46. The third-order valence-electron chi connectivity index (χ3n) is 2.71. The van der Waals surface area contributed by atoms with E-state index in [1.807, 2.05) is 18.8 Å². The fourth-order valence-corrected chi connectivity index (χ4v) is 2.50. The minimum atomic E-state index is 0.314. The molecule has 0 amide bonds. The van der Waals surface area contributed by atoms with Gasteiger partial charge in [0.1, 0.15) is 5.76 Å². The number of furan rings is 1. The molecule has 2 aromatic heterocycles. The van der Waals surface area contributed by atoms with Gasteiger partial charge in [0.05, 0.1) is 11.8 Å². The first-order valence-corrected chi connectivity index (χ1v) is 6.34. The molecular formula is C12H16N2OS. The minimum Gasteiger partial charge on any atom is -0.469 e. The van der Waals surface area contributed by atoms with Gasteiger partial charge >= 0.3 is 0 Å². The Hall–Kier alpha value is -1.13. The lowest BCUT2D eigenvalue weighted by atomic mass is 10.0. The number of nitrogens with zero attached hydrogens (tertiary/aromatic N) is 1. The van der Waals surface area contributed by atoms with E-state index in [1.54, 1.807) is 17.6 Å². The van der Waals surface area contributed by atoms with Crippen molar-refractivity contribution in [3.8, 4) is 0 Å². The van der Waals surface area contributed by atoms with Crippen LogP contribution in [0.25, 0.3) is 0 Å². The summed E-state index contributed by atoms with van der Waals surface area (Å²) in [5.74, 6) is 1.07. The van der Waals surface area contributed by atoms with Crippen molar-refractivity contribution in [2.45, 2.75) is 25.8 Å². The highest BCUT2D eigenvalue weighted by Gasteiger charge is 2.16. The first-order valence-electron chi connectivity index (χ1n) is 5.46. The number of rotatable bonds is 5. The molecule has 0 aliphatic rings. The lowest BCUT2D eigenvalue weighted by Crippen LogP contribution is -2.19. The summed E-state index contributed by atoms with van der Waals surface area (Å²) in [6.45, 7) is 2.11. The van der Waals surface area contributed by atoms with Crippen molar-refractivity contribution >= 4 is 11.3 Å². The second-order valence-electron chi connectivity index (χ2n) is 3.67. The van der Waals surface area contributed by atoms with Crippen LogP contribution in [0.3, 0.4) is 0 Å². The molecule has 0 aliphatic carbocycles. The number of hydrogen-bond acceptors (Lipinski definition) is 4. The molecule has 0 bridgehead atoms. The smallest absolute Gasteiger partial charge is 0.108 e. The van der Waals surface area contributed by atoms with Gasteiger partial charge in [0.15, 0.2) is 0 Å². The van der Waals surface area contributed by atoms with Crippen LogP contribution in [-0.4, -0.2) is 12.0 Å². The highest BCUT2D eigenvalue weighted by Crippen LogP contribution is 2.24. The van der Waals surface area contributed by atoms with Crippen molar-refractivity contribution in [2.75, 3.05) is 7.05 Å². The van der Waals surface area contributed by atoms with Gasteiger partial charge in [-0.15, -0.1) is 11.3 Å². The minimum absolute atomic E-state index is 0.314. The van der Waals surface area contributed by atoms with E-state index >= 15 is 0 Å². The zero-order valence-corrected chi connectivity index (χ0v) is 10.4. The van der Waals surface area contributed by atoms with Gasteiger partial charge in [0, 0.05) is 35.5 Å². The maximum atomic E-state index is 5.46. The molecule has 2 heterocycles. The van der Waals surface area contributed by atoms with Gasteiger partial charge in [-0.1, -0.05) is 6.92 Å². The monoisotopic (exact) mass is 236 g/mol. The van der Waals surface area contributed by atoms with Crippen molar-refractivity contribution in [3.63, 3.8) is 0 Å². The van der Waals surface area contributed by atoms with Crippen LogP contribution in [0.15, 0.2) is 28.5 Å². The average Bonchev–Trinajstić information content (AvgIpc) is 2.96. The topological polar surface area (TPSA) is 38.1 Å². The molecule has 0 saturated heterocycles. The van der Waals surface area contributed by atoms with E-state index in [2.05, 4.69) is 23.3 Å². The van der Waals surface area contributed by atoms with Crippen LogP contribution in [0.1, 0.15) is 29.2 Å². The molecule has 0 spiro atoms. The second-order valence-corrected chi connectivity index (χ2v) is 4.64. The molecule has 0 aromatic carbocycles. The van der Waals surface area contributed by atoms with Gasteiger partial charge in [-0.05, 0) is 13.1 Å². The van der Waals surface area contributed by atoms with Crippen LogP contribution in [-0.2, 0) is 12.8 Å². The fraction of sp³-hybridized carbons (Fsp3) is 0.417. The lowest BCUT2D eigenvalue weighted by Gasteiger charge is -2.14. The SMILES string of the molecule is CCc1occc1C(Cc1cncs1)NC. The Morgan fingerprint density at radius 2 is 2.44 bits per heavy atom. The standard InChI is InChI=1S/C12H16N2OS/c1-3-12-10(4-5-15-12)11(13-2)6-9-7-14-8-16-9/h4-5,7-8,11,13H,3,6H2,1-2H3. The molecule has 16 heavy (non-hydrogen) atoms. The zero-order chi connectivity index (χ0) is 11.4. The number of likely N-dealkylation sites (N-methyl/N-ethyl adjacent to an activating group) is 1. The molecule has 2 rings (SSSR count). The summed E-state index contributed by atoms with van der Waals surface area (Å²) in [5, 5.41) is 3.34. The average molecular weight is 236 g/mol. The Balaban J connectivity index is 2.16. The van der Waals surface area contributed by atoms with Gasteiger partial charge in [-0.2, -0.15) is 0 Å². The molecule has 0 saturated carbocycles. The van der Waals surface area contributed by atoms with E-state index in [1.165, 1.54) is 10.4 Å². The Morgan fingerprint density at radius 3 is 3.06 bits per heavy atom. The molecule has 1 unspecified atom stereocenters. The lowest BCUT2D eigenvalue weighted by molar-refractivity contribution is 0.495. The van der Waals surface area contributed by atoms with E-state index in [9.17, 15) is 0 Å². The summed E-state index contributed by atoms with van der Waals surface area (Å²) in [5.41, 5.74) is 3.14. The molecule has 2 aromatic rings. The van der Waals surface area contributed by atoms with Crippen LogP contribution >= 0.6 is 11.3 Å². The molecule has 1 atom stereocenters. The highest BCUT2D eigenvalue weighted by molar-refractivity contribution is 7.09. The van der Waals surface area contributed by atoms with Crippen molar-refractivity contribution in [1.29, 1.82) is 0 Å². The first kappa shape index (κ1) is 11.4. The molecule has 3 nitrogen and oxygen atoms in total. The van der Waals surface area contributed by atoms with Gasteiger partial charge in [-0.25, -0.2) is 0 Å². The summed E-state index contributed by atoms with van der Waals surface area (Å²) < 4.78 is 5.46. The van der Waals surface area contributed by atoms with Crippen molar-refractivity contribution in [3.05, 3.63) is 40.2 Å². The van der Waals surface area contributed by atoms with Gasteiger partial charge in [0.2, 0.25) is 0 Å². The van der Waals surface area contributed by atoms with E-state index in [-0.39, 0.29) is 0 Å². The van der Waals surface area contributed by atoms with Crippen LogP contribution < -0.4 is 5.32 Å². The molecule has 0 fully saturated rings. The van der Waals surface area contributed by atoms with Gasteiger partial charge < -0.3 is 9.73 Å². The molecule has 1 N–H and O–H groups in total. The van der Waals surface area contributed by atoms with Crippen molar-refractivity contribution in [2.24, 2.45) is 0 Å². The number of thiazole rings is 1. The zero-order valence-electron chi connectivity index (χ0n) is 9.56. The predicted molar refractivity (Wildman–Crippen MR) is 65.7 cm³/mol. The van der Waals surface area contributed by atoms with Crippen molar-refractivity contribution < 1.29 is 4.42 Å². The third-order valence-corrected chi connectivity index (χ3v) is 3.52. The van der Waals surface area contributed by atoms with Crippen LogP contribution in [0, 0.1) is 0 Å². The Kier molecular flexibility index (Phi) is 3.74. The summed E-state index contributed by atoms with van der Waals surface area (Å²) in [4.78, 5) is 5.39. The first-order chi connectivity index (χ1) is 7.85. The van der Waals surface area contributed by atoms with Crippen LogP contribution in [0.2, 0.25) is 0 Å². The van der Waals surface area contributed by atoms with E-state index in [0.29, 0.717) is 6.04 Å². The summed E-state index contributed by atoms with van der Waals surface area (Å²) >= 11 is 1.70. The maximum Gasteiger partial charge on any atom is 0.108 e. The van der Waals surface area contributed by atoms with E-state index < -0.39 is 0 Å². The summed E-state index contributed by atoms with van der Waals surface area (Å²) in [6.07, 6.45) is 5.60. The van der Waals surface area contributed by atoms with E-state index in [0.717, 1.165) is 18.6 Å². The summed E-state index contributed by atoms with van der Waals surface area (Å²) in [6, 6.07) is 2.37. The molecule has 86 valence electrons. The van der Waals surface area contributed by atoms with Gasteiger partial charge in [0.25, 0.3) is 0 Å². The Labute approximate surface area is 99.5 Å². The number of hydrogen-bond donors (Lipinski definition) is 1. The number of aromatic nitrogens is 1. The van der Waals surface area contributed by atoms with Gasteiger partial charge in [-0.3, -0.25) is 4.98 Å². The quantitative estimate of drug-likeness (QED) is 0.867. The number of aryl methyl sites for hydroxylation is 1. The predicted octanol–water partition coefficient (Wildman–Crippen LogP) is 2.80. The van der Waals surface area contributed by atoms with Crippen LogP contribution in [0.4, 0.5) is 0 Å². The number of nitrogens with one attached hydrogen (secondary N) is 1. The van der Waals surface area contributed by atoms with E-state index in [4.69, 9.17) is 4.42 Å².